The third-order valence-corrected chi connectivity index (χ3v) is 3.68. The van der Waals surface area contributed by atoms with Crippen molar-refractivity contribution < 1.29 is 4.79 Å². The van der Waals surface area contributed by atoms with Crippen LogP contribution in [0.25, 0.3) is 0 Å². The van der Waals surface area contributed by atoms with Crippen LogP contribution in [-0.2, 0) is 0 Å². The molecule has 4 heteroatoms. The van der Waals surface area contributed by atoms with Gasteiger partial charge in [-0.15, -0.1) is 11.3 Å². The molecule has 1 saturated heterocycles. The SMILES string of the molecule is Cc1ncc(C(=O)N2CCCC(C)C2)s1. The molecule has 0 aliphatic carbocycles. The minimum Gasteiger partial charge on any atom is -0.338 e. The quantitative estimate of drug-likeness (QED) is 0.733. The van der Waals surface area contributed by atoms with Crippen LogP contribution in [0.15, 0.2) is 6.20 Å². The summed E-state index contributed by atoms with van der Waals surface area (Å²) in [5.41, 5.74) is 0. The van der Waals surface area contributed by atoms with Crippen LogP contribution in [0.2, 0.25) is 0 Å². The minimum atomic E-state index is 0.159. The summed E-state index contributed by atoms with van der Waals surface area (Å²) in [6, 6.07) is 0. The number of nitrogens with zero attached hydrogens (tertiary/aromatic N) is 2. The van der Waals surface area contributed by atoms with Crippen molar-refractivity contribution in [3.05, 3.63) is 16.1 Å². The van der Waals surface area contributed by atoms with E-state index in [9.17, 15) is 4.79 Å². The van der Waals surface area contributed by atoms with Gasteiger partial charge in [-0.1, -0.05) is 6.92 Å². The first-order valence-electron chi connectivity index (χ1n) is 5.38. The highest BCUT2D eigenvalue weighted by Crippen LogP contribution is 2.20. The first-order valence-corrected chi connectivity index (χ1v) is 6.20. The van der Waals surface area contributed by atoms with Gasteiger partial charge in [0.25, 0.3) is 5.91 Å². The van der Waals surface area contributed by atoms with Gasteiger partial charge in [-0.05, 0) is 25.7 Å². The first-order chi connectivity index (χ1) is 7.16. The number of carbonyl (C=O) groups excluding carboxylic acids is 1. The van der Waals surface area contributed by atoms with E-state index in [2.05, 4.69) is 11.9 Å². The van der Waals surface area contributed by atoms with Crippen molar-refractivity contribution >= 4 is 17.2 Å². The molecular formula is C11H16N2OS. The molecule has 3 nitrogen and oxygen atoms in total. The second-order valence-electron chi connectivity index (χ2n) is 4.24. The number of aromatic nitrogens is 1. The Balaban J connectivity index is 2.07. The lowest BCUT2D eigenvalue weighted by Gasteiger charge is -2.30. The van der Waals surface area contributed by atoms with Gasteiger partial charge >= 0.3 is 0 Å². The Labute approximate surface area is 94.1 Å². The summed E-state index contributed by atoms with van der Waals surface area (Å²) in [5.74, 6) is 0.795. The first kappa shape index (κ1) is 10.6. The fourth-order valence-electron chi connectivity index (χ4n) is 1.99. The predicted octanol–water partition coefficient (Wildman–Crippen LogP) is 2.32. The third-order valence-electron chi connectivity index (χ3n) is 2.78. The summed E-state index contributed by atoms with van der Waals surface area (Å²) in [6.45, 7) is 5.94. The van der Waals surface area contributed by atoms with E-state index in [0.717, 1.165) is 29.4 Å². The second kappa shape index (κ2) is 4.31. The van der Waals surface area contributed by atoms with Crippen molar-refractivity contribution in [3.8, 4) is 0 Å². The number of thiazole rings is 1. The molecule has 1 aliphatic rings. The van der Waals surface area contributed by atoms with E-state index in [4.69, 9.17) is 0 Å². The van der Waals surface area contributed by atoms with Crippen molar-refractivity contribution in [1.82, 2.24) is 9.88 Å². The molecule has 1 aliphatic heterocycles. The molecule has 0 bridgehead atoms. The zero-order valence-electron chi connectivity index (χ0n) is 9.19. The van der Waals surface area contributed by atoms with Crippen LogP contribution in [0.3, 0.4) is 0 Å². The maximum Gasteiger partial charge on any atom is 0.265 e. The molecule has 0 radical (unpaired) electrons. The molecule has 2 rings (SSSR count). The summed E-state index contributed by atoms with van der Waals surface area (Å²) in [5, 5.41) is 0.961. The zero-order chi connectivity index (χ0) is 10.8. The molecule has 82 valence electrons. The maximum atomic E-state index is 12.1. The van der Waals surface area contributed by atoms with Crippen molar-refractivity contribution in [2.75, 3.05) is 13.1 Å². The average molecular weight is 224 g/mol. The molecule has 0 saturated carbocycles. The van der Waals surface area contributed by atoms with Crippen LogP contribution in [-0.4, -0.2) is 28.9 Å². The molecule has 0 spiro atoms. The van der Waals surface area contributed by atoms with Gasteiger partial charge in [0.2, 0.25) is 0 Å². The monoisotopic (exact) mass is 224 g/mol. The van der Waals surface area contributed by atoms with E-state index in [-0.39, 0.29) is 5.91 Å². The number of carbonyl (C=O) groups is 1. The number of amides is 1. The molecule has 1 unspecified atom stereocenters. The van der Waals surface area contributed by atoms with Crippen LogP contribution in [0, 0.1) is 12.8 Å². The molecule has 1 aromatic heterocycles. The summed E-state index contributed by atoms with van der Waals surface area (Å²) in [7, 11) is 0. The molecule has 1 amide bonds. The Morgan fingerprint density at radius 2 is 2.47 bits per heavy atom. The average Bonchev–Trinajstić information content (AvgIpc) is 2.64. The van der Waals surface area contributed by atoms with Crippen LogP contribution >= 0.6 is 11.3 Å². The van der Waals surface area contributed by atoms with E-state index in [1.165, 1.54) is 17.8 Å². The third kappa shape index (κ3) is 2.37. The highest BCUT2D eigenvalue weighted by atomic mass is 32.1. The topological polar surface area (TPSA) is 33.2 Å². The van der Waals surface area contributed by atoms with Gasteiger partial charge in [-0.2, -0.15) is 0 Å². The van der Waals surface area contributed by atoms with E-state index in [1.54, 1.807) is 6.20 Å². The van der Waals surface area contributed by atoms with Gasteiger partial charge in [0.1, 0.15) is 4.88 Å². The summed E-state index contributed by atoms with van der Waals surface area (Å²) in [4.78, 5) is 18.9. The van der Waals surface area contributed by atoms with Crippen LogP contribution in [0.1, 0.15) is 34.4 Å². The Morgan fingerprint density at radius 1 is 1.67 bits per heavy atom. The fourth-order valence-corrected chi connectivity index (χ4v) is 2.74. The normalized spacial score (nSPS) is 21.7. The lowest BCUT2D eigenvalue weighted by atomic mass is 10.0. The molecular weight excluding hydrogens is 208 g/mol. The Hall–Kier alpha value is -0.900. The van der Waals surface area contributed by atoms with Gasteiger partial charge in [0, 0.05) is 13.1 Å². The smallest absolute Gasteiger partial charge is 0.265 e. The number of hydrogen-bond donors (Lipinski definition) is 0. The minimum absolute atomic E-state index is 0.159. The Morgan fingerprint density at radius 3 is 3.07 bits per heavy atom. The summed E-state index contributed by atoms with van der Waals surface area (Å²) in [6.07, 6.45) is 4.07. The van der Waals surface area contributed by atoms with Crippen molar-refractivity contribution in [2.45, 2.75) is 26.7 Å². The largest absolute Gasteiger partial charge is 0.338 e. The molecule has 1 aromatic rings. The molecule has 2 heterocycles. The van der Waals surface area contributed by atoms with Crippen molar-refractivity contribution in [2.24, 2.45) is 5.92 Å². The van der Waals surface area contributed by atoms with Gasteiger partial charge in [0.05, 0.1) is 11.2 Å². The zero-order valence-corrected chi connectivity index (χ0v) is 10.0. The Kier molecular flexibility index (Phi) is 3.05. The number of piperidine rings is 1. The van der Waals surface area contributed by atoms with E-state index >= 15 is 0 Å². The van der Waals surface area contributed by atoms with Gasteiger partial charge in [0.15, 0.2) is 0 Å². The fraction of sp³-hybridized carbons (Fsp3) is 0.636. The molecule has 15 heavy (non-hydrogen) atoms. The molecule has 0 N–H and O–H groups in total. The summed E-state index contributed by atoms with van der Waals surface area (Å²) >= 11 is 1.49. The standard InChI is InChI=1S/C11H16N2OS/c1-8-4-3-5-13(7-8)11(14)10-6-12-9(2)15-10/h6,8H,3-5,7H2,1-2H3. The van der Waals surface area contributed by atoms with Gasteiger partial charge in [-0.25, -0.2) is 4.98 Å². The van der Waals surface area contributed by atoms with Crippen LogP contribution in [0.5, 0.6) is 0 Å². The molecule has 0 aromatic carbocycles. The highest BCUT2D eigenvalue weighted by Gasteiger charge is 2.23. The predicted molar refractivity (Wildman–Crippen MR) is 61.2 cm³/mol. The van der Waals surface area contributed by atoms with Crippen LogP contribution < -0.4 is 0 Å². The lowest BCUT2D eigenvalue weighted by molar-refractivity contribution is 0.0688. The van der Waals surface area contributed by atoms with E-state index < -0.39 is 0 Å². The molecule has 1 fully saturated rings. The number of hydrogen-bond acceptors (Lipinski definition) is 3. The van der Waals surface area contributed by atoms with Crippen LogP contribution in [0.4, 0.5) is 0 Å². The van der Waals surface area contributed by atoms with Crippen molar-refractivity contribution in [1.29, 1.82) is 0 Å². The maximum absolute atomic E-state index is 12.1. The second-order valence-corrected chi connectivity index (χ2v) is 5.48. The van der Waals surface area contributed by atoms with E-state index in [0.29, 0.717) is 5.92 Å². The Bertz CT molecular complexity index is 361. The van der Waals surface area contributed by atoms with Gasteiger partial charge < -0.3 is 4.90 Å². The van der Waals surface area contributed by atoms with E-state index in [1.807, 2.05) is 11.8 Å². The highest BCUT2D eigenvalue weighted by molar-refractivity contribution is 7.13. The van der Waals surface area contributed by atoms with Crippen molar-refractivity contribution in [3.63, 3.8) is 0 Å². The lowest BCUT2D eigenvalue weighted by Crippen LogP contribution is -2.38. The number of aryl methyl sites for hydroxylation is 1. The van der Waals surface area contributed by atoms with Gasteiger partial charge in [-0.3, -0.25) is 4.79 Å². The number of rotatable bonds is 1. The molecule has 1 atom stereocenters. The summed E-state index contributed by atoms with van der Waals surface area (Å²) < 4.78 is 0. The number of likely N-dealkylation sites (tertiary alicyclic amines) is 1.